The Morgan fingerprint density at radius 2 is 2.33 bits per heavy atom. The first-order chi connectivity index (χ1) is 10.3. The maximum atomic E-state index is 5.60. The molecule has 0 amide bonds. The Morgan fingerprint density at radius 3 is 3.14 bits per heavy atom. The number of nitrogens with zero attached hydrogens (tertiary/aromatic N) is 3. The standard InChI is InChI=1S/C15H23N5S/c1-2-5-11-6-3-4-8-20(11)10-13-17-14(19-16)12-7-9-21-15(12)18-13/h7,9,11H,2-6,8,10,16H2,1H3,(H,17,18,19). The van der Waals surface area contributed by atoms with Crippen LogP contribution in [0.25, 0.3) is 10.2 Å². The maximum absolute atomic E-state index is 5.60. The number of hydrogen-bond donors (Lipinski definition) is 2. The number of anilines is 1. The minimum atomic E-state index is 0.681. The highest BCUT2D eigenvalue weighted by Gasteiger charge is 2.23. The monoisotopic (exact) mass is 305 g/mol. The summed E-state index contributed by atoms with van der Waals surface area (Å²) >= 11 is 1.64. The number of nitrogens with two attached hydrogens (primary N) is 1. The van der Waals surface area contributed by atoms with Gasteiger partial charge in [0.2, 0.25) is 0 Å². The fourth-order valence-electron chi connectivity index (χ4n) is 3.19. The molecule has 2 aromatic heterocycles. The number of hydrazine groups is 1. The summed E-state index contributed by atoms with van der Waals surface area (Å²) in [4.78, 5) is 12.9. The average molecular weight is 305 g/mol. The fraction of sp³-hybridized carbons (Fsp3) is 0.600. The van der Waals surface area contributed by atoms with Gasteiger partial charge in [0.25, 0.3) is 0 Å². The van der Waals surface area contributed by atoms with Gasteiger partial charge in [0.05, 0.1) is 11.9 Å². The molecule has 1 atom stereocenters. The van der Waals surface area contributed by atoms with E-state index in [1.54, 1.807) is 11.3 Å². The molecular formula is C15H23N5S. The highest BCUT2D eigenvalue weighted by molar-refractivity contribution is 7.16. The van der Waals surface area contributed by atoms with E-state index >= 15 is 0 Å². The van der Waals surface area contributed by atoms with E-state index in [0.29, 0.717) is 6.04 Å². The van der Waals surface area contributed by atoms with Gasteiger partial charge < -0.3 is 5.43 Å². The van der Waals surface area contributed by atoms with Crippen LogP contribution in [0.5, 0.6) is 0 Å². The van der Waals surface area contributed by atoms with E-state index in [9.17, 15) is 0 Å². The van der Waals surface area contributed by atoms with E-state index in [0.717, 1.165) is 34.9 Å². The van der Waals surface area contributed by atoms with Crippen LogP contribution in [0.3, 0.4) is 0 Å². The van der Waals surface area contributed by atoms with Crippen LogP contribution < -0.4 is 11.3 Å². The number of likely N-dealkylation sites (tertiary alicyclic amines) is 1. The zero-order chi connectivity index (χ0) is 14.7. The quantitative estimate of drug-likeness (QED) is 0.656. The number of piperidine rings is 1. The van der Waals surface area contributed by atoms with Crippen LogP contribution in [-0.2, 0) is 6.54 Å². The predicted octanol–water partition coefficient (Wildman–Crippen LogP) is 3.13. The highest BCUT2D eigenvalue weighted by Crippen LogP contribution is 2.26. The summed E-state index contributed by atoms with van der Waals surface area (Å²) in [5.41, 5.74) is 2.71. The minimum Gasteiger partial charge on any atom is -0.308 e. The lowest BCUT2D eigenvalue weighted by Crippen LogP contribution is -2.39. The number of nitrogen functional groups attached to an aromatic ring is 1. The lowest BCUT2D eigenvalue weighted by Gasteiger charge is -2.35. The molecule has 114 valence electrons. The molecule has 1 fully saturated rings. The number of aromatic nitrogens is 2. The van der Waals surface area contributed by atoms with Gasteiger partial charge in [-0.2, -0.15) is 0 Å². The molecule has 1 aliphatic heterocycles. The van der Waals surface area contributed by atoms with Crippen molar-refractivity contribution in [1.82, 2.24) is 14.9 Å². The first-order valence-electron chi connectivity index (χ1n) is 7.76. The molecule has 5 nitrogen and oxygen atoms in total. The summed E-state index contributed by atoms with van der Waals surface area (Å²) in [6, 6.07) is 2.69. The second-order valence-corrected chi connectivity index (χ2v) is 6.58. The summed E-state index contributed by atoms with van der Waals surface area (Å²) in [6.07, 6.45) is 6.44. The molecular weight excluding hydrogens is 282 g/mol. The van der Waals surface area contributed by atoms with Crippen molar-refractivity contribution in [2.24, 2.45) is 5.84 Å². The molecule has 21 heavy (non-hydrogen) atoms. The van der Waals surface area contributed by atoms with E-state index in [1.165, 1.54) is 32.1 Å². The normalized spacial score (nSPS) is 20.0. The molecule has 0 spiro atoms. The van der Waals surface area contributed by atoms with Gasteiger partial charge in [-0.15, -0.1) is 11.3 Å². The van der Waals surface area contributed by atoms with E-state index in [2.05, 4.69) is 22.2 Å². The summed E-state index contributed by atoms with van der Waals surface area (Å²) in [5.74, 6) is 7.22. The molecule has 1 aliphatic rings. The van der Waals surface area contributed by atoms with Crippen molar-refractivity contribution in [1.29, 1.82) is 0 Å². The van der Waals surface area contributed by atoms with Crippen molar-refractivity contribution >= 4 is 27.4 Å². The molecule has 1 saturated heterocycles. The van der Waals surface area contributed by atoms with Gasteiger partial charge in [0, 0.05) is 6.04 Å². The highest BCUT2D eigenvalue weighted by atomic mass is 32.1. The number of thiophene rings is 1. The third-order valence-electron chi connectivity index (χ3n) is 4.22. The molecule has 1 unspecified atom stereocenters. The molecule has 3 N–H and O–H groups in total. The van der Waals surface area contributed by atoms with Crippen LogP contribution in [0.15, 0.2) is 11.4 Å². The van der Waals surface area contributed by atoms with Crippen molar-refractivity contribution in [3.05, 3.63) is 17.3 Å². The smallest absolute Gasteiger partial charge is 0.152 e. The van der Waals surface area contributed by atoms with Crippen molar-refractivity contribution in [3.8, 4) is 0 Å². The predicted molar refractivity (Wildman–Crippen MR) is 88.2 cm³/mol. The zero-order valence-corrected chi connectivity index (χ0v) is 13.3. The third-order valence-corrected chi connectivity index (χ3v) is 5.03. The molecule has 6 heteroatoms. The van der Waals surface area contributed by atoms with Gasteiger partial charge in [0.1, 0.15) is 10.7 Å². The van der Waals surface area contributed by atoms with Gasteiger partial charge in [-0.05, 0) is 37.3 Å². The van der Waals surface area contributed by atoms with Crippen LogP contribution in [-0.4, -0.2) is 27.5 Å². The van der Waals surface area contributed by atoms with E-state index in [-0.39, 0.29) is 0 Å². The molecule has 0 aromatic carbocycles. The molecule has 0 bridgehead atoms. The molecule has 0 radical (unpaired) electrons. The van der Waals surface area contributed by atoms with Gasteiger partial charge in [0.15, 0.2) is 5.82 Å². The van der Waals surface area contributed by atoms with Crippen LogP contribution in [0.2, 0.25) is 0 Å². The van der Waals surface area contributed by atoms with E-state index in [1.807, 2.05) is 11.4 Å². The Bertz CT molecular complexity index is 595. The van der Waals surface area contributed by atoms with Crippen LogP contribution in [0.4, 0.5) is 5.82 Å². The summed E-state index contributed by atoms with van der Waals surface area (Å²) in [7, 11) is 0. The van der Waals surface area contributed by atoms with Gasteiger partial charge in [-0.1, -0.05) is 19.8 Å². The number of fused-ring (bicyclic) bond motifs is 1. The summed E-state index contributed by atoms with van der Waals surface area (Å²) in [6.45, 7) is 4.24. The zero-order valence-electron chi connectivity index (χ0n) is 12.5. The minimum absolute atomic E-state index is 0.681. The SMILES string of the molecule is CCCC1CCCCN1Cc1nc(NN)c2ccsc2n1. The Morgan fingerprint density at radius 1 is 1.43 bits per heavy atom. The van der Waals surface area contributed by atoms with Crippen LogP contribution >= 0.6 is 11.3 Å². The van der Waals surface area contributed by atoms with Crippen molar-refractivity contribution in [2.45, 2.75) is 51.6 Å². The van der Waals surface area contributed by atoms with Gasteiger partial charge in [-0.3, -0.25) is 4.90 Å². The number of nitrogens with one attached hydrogen (secondary N) is 1. The maximum Gasteiger partial charge on any atom is 0.152 e. The Hall–Kier alpha value is -1.24. The fourth-order valence-corrected chi connectivity index (χ4v) is 3.97. The Kier molecular flexibility index (Phi) is 4.67. The number of hydrogen-bond acceptors (Lipinski definition) is 6. The van der Waals surface area contributed by atoms with E-state index in [4.69, 9.17) is 10.8 Å². The molecule has 3 rings (SSSR count). The lowest BCUT2D eigenvalue weighted by atomic mass is 9.98. The Balaban J connectivity index is 1.82. The summed E-state index contributed by atoms with van der Waals surface area (Å²) in [5, 5.41) is 3.04. The molecule has 2 aromatic rings. The first-order valence-corrected chi connectivity index (χ1v) is 8.64. The van der Waals surface area contributed by atoms with Crippen molar-refractivity contribution in [3.63, 3.8) is 0 Å². The lowest BCUT2D eigenvalue weighted by molar-refractivity contribution is 0.128. The largest absolute Gasteiger partial charge is 0.308 e. The third kappa shape index (κ3) is 3.17. The van der Waals surface area contributed by atoms with Crippen LogP contribution in [0.1, 0.15) is 44.9 Å². The average Bonchev–Trinajstić information content (AvgIpc) is 2.97. The molecule has 0 saturated carbocycles. The Labute approximate surface area is 129 Å². The molecule has 3 heterocycles. The topological polar surface area (TPSA) is 67.1 Å². The number of rotatable bonds is 5. The van der Waals surface area contributed by atoms with Gasteiger partial charge >= 0.3 is 0 Å². The van der Waals surface area contributed by atoms with Crippen molar-refractivity contribution in [2.75, 3.05) is 12.0 Å². The second kappa shape index (κ2) is 6.68. The van der Waals surface area contributed by atoms with Crippen molar-refractivity contribution < 1.29 is 0 Å². The first kappa shape index (κ1) is 14.7. The summed E-state index contributed by atoms with van der Waals surface area (Å²) < 4.78 is 0. The van der Waals surface area contributed by atoms with Crippen LogP contribution in [0, 0.1) is 0 Å². The van der Waals surface area contributed by atoms with Gasteiger partial charge in [-0.25, -0.2) is 15.8 Å². The molecule has 0 aliphatic carbocycles. The van der Waals surface area contributed by atoms with E-state index < -0.39 is 0 Å². The second-order valence-electron chi connectivity index (χ2n) is 5.68.